The smallest absolute Gasteiger partial charge is 0.123 e. The molecule has 1 aromatic carbocycles. The predicted octanol–water partition coefficient (Wildman–Crippen LogP) is 3.25. The fourth-order valence-electron chi connectivity index (χ4n) is 2.92. The Morgan fingerprint density at radius 2 is 2.05 bits per heavy atom. The average molecular weight is 278 g/mol. The minimum atomic E-state index is -0.130. The third-order valence-corrected chi connectivity index (χ3v) is 3.87. The Morgan fingerprint density at radius 1 is 1.30 bits per heavy atom. The first-order chi connectivity index (χ1) is 9.33. The number of piperidine rings is 1. The van der Waals surface area contributed by atoms with Gasteiger partial charge in [0.15, 0.2) is 0 Å². The number of benzene rings is 1. The van der Waals surface area contributed by atoms with Crippen LogP contribution in [0.4, 0.5) is 4.39 Å². The lowest BCUT2D eigenvalue weighted by Crippen LogP contribution is -2.48. The van der Waals surface area contributed by atoms with Crippen molar-refractivity contribution in [3.63, 3.8) is 0 Å². The summed E-state index contributed by atoms with van der Waals surface area (Å²) in [6.45, 7) is 9.84. The molecule has 0 saturated carbocycles. The number of likely N-dealkylation sites (N-methyl/N-ethyl adjacent to an activating group) is 1. The van der Waals surface area contributed by atoms with Crippen LogP contribution < -0.4 is 5.32 Å². The number of rotatable bonds is 3. The van der Waals surface area contributed by atoms with E-state index in [1.54, 1.807) is 6.07 Å². The summed E-state index contributed by atoms with van der Waals surface area (Å²) in [6.07, 6.45) is 1.09. The number of hydrogen-bond acceptors (Lipinski definition) is 2. The van der Waals surface area contributed by atoms with Gasteiger partial charge in [-0.3, -0.25) is 0 Å². The molecule has 20 heavy (non-hydrogen) atoms. The zero-order valence-corrected chi connectivity index (χ0v) is 13.1. The lowest BCUT2D eigenvalue weighted by molar-refractivity contribution is 0.193. The van der Waals surface area contributed by atoms with Crippen LogP contribution in [0, 0.1) is 11.2 Å². The molecule has 0 bridgehead atoms. The summed E-state index contributed by atoms with van der Waals surface area (Å²) in [5.74, 6) is 0.289. The predicted molar refractivity (Wildman–Crippen MR) is 82.5 cm³/mol. The van der Waals surface area contributed by atoms with Gasteiger partial charge in [0, 0.05) is 25.7 Å². The van der Waals surface area contributed by atoms with Crippen molar-refractivity contribution in [1.29, 1.82) is 0 Å². The standard InChI is InChI=1S/C17H27FN2/c1-17(2,3)12-19-16-9-14(10-20(4)11-16)13-6-5-7-15(18)8-13/h5-8,14,16,19H,9-12H2,1-4H3. The van der Waals surface area contributed by atoms with Crippen molar-refractivity contribution in [2.24, 2.45) is 5.41 Å². The van der Waals surface area contributed by atoms with E-state index in [4.69, 9.17) is 0 Å². The van der Waals surface area contributed by atoms with Crippen molar-refractivity contribution in [1.82, 2.24) is 10.2 Å². The molecule has 0 amide bonds. The minimum Gasteiger partial charge on any atom is -0.312 e. The van der Waals surface area contributed by atoms with Crippen LogP contribution in [0.3, 0.4) is 0 Å². The van der Waals surface area contributed by atoms with Gasteiger partial charge in [0.2, 0.25) is 0 Å². The molecule has 0 aliphatic carbocycles. The fourth-order valence-corrected chi connectivity index (χ4v) is 2.92. The first kappa shape index (κ1) is 15.5. The highest BCUT2D eigenvalue weighted by molar-refractivity contribution is 5.22. The van der Waals surface area contributed by atoms with Crippen LogP contribution in [0.5, 0.6) is 0 Å². The van der Waals surface area contributed by atoms with Gasteiger partial charge in [-0.15, -0.1) is 0 Å². The van der Waals surface area contributed by atoms with Crippen LogP contribution in [0.25, 0.3) is 0 Å². The Bertz CT molecular complexity index is 439. The molecular formula is C17H27FN2. The lowest BCUT2D eigenvalue weighted by atomic mass is 9.87. The van der Waals surface area contributed by atoms with Gasteiger partial charge in [-0.05, 0) is 42.5 Å². The molecule has 1 N–H and O–H groups in total. The summed E-state index contributed by atoms with van der Waals surface area (Å²) >= 11 is 0. The molecule has 3 heteroatoms. The normalized spacial score (nSPS) is 24.9. The van der Waals surface area contributed by atoms with Crippen LogP contribution in [0.2, 0.25) is 0 Å². The maximum atomic E-state index is 13.4. The molecule has 0 radical (unpaired) electrons. The summed E-state index contributed by atoms with van der Waals surface area (Å²) in [5, 5.41) is 3.67. The van der Waals surface area contributed by atoms with Gasteiger partial charge < -0.3 is 10.2 Å². The van der Waals surface area contributed by atoms with Crippen LogP contribution in [0.15, 0.2) is 24.3 Å². The van der Waals surface area contributed by atoms with Crippen molar-refractivity contribution in [3.05, 3.63) is 35.6 Å². The Labute approximate surface area is 122 Å². The van der Waals surface area contributed by atoms with E-state index in [0.29, 0.717) is 17.4 Å². The Balaban J connectivity index is 2.01. The van der Waals surface area contributed by atoms with E-state index in [-0.39, 0.29) is 5.82 Å². The Kier molecular flexibility index (Phi) is 4.82. The number of nitrogens with one attached hydrogen (secondary N) is 1. The highest BCUT2D eigenvalue weighted by atomic mass is 19.1. The van der Waals surface area contributed by atoms with Crippen molar-refractivity contribution in [2.75, 3.05) is 26.7 Å². The summed E-state index contributed by atoms with van der Waals surface area (Å²) in [4.78, 5) is 2.35. The van der Waals surface area contributed by atoms with Crippen LogP contribution in [0.1, 0.15) is 38.7 Å². The lowest BCUT2D eigenvalue weighted by Gasteiger charge is -2.37. The Morgan fingerprint density at radius 3 is 2.70 bits per heavy atom. The third kappa shape index (κ3) is 4.57. The first-order valence-electron chi connectivity index (χ1n) is 7.51. The molecule has 112 valence electrons. The second kappa shape index (κ2) is 6.23. The Hall–Kier alpha value is -0.930. The van der Waals surface area contributed by atoms with Gasteiger partial charge in [0.25, 0.3) is 0 Å². The van der Waals surface area contributed by atoms with E-state index in [1.807, 2.05) is 12.1 Å². The topological polar surface area (TPSA) is 15.3 Å². The molecule has 1 aliphatic rings. The maximum Gasteiger partial charge on any atom is 0.123 e. The molecule has 1 saturated heterocycles. The number of likely N-dealkylation sites (tertiary alicyclic amines) is 1. The molecular weight excluding hydrogens is 251 g/mol. The van der Waals surface area contributed by atoms with E-state index in [0.717, 1.165) is 31.6 Å². The molecule has 2 atom stereocenters. The second-order valence-electron chi connectivity index (χ2n) is 7.35. The van der Waals surface area contributed by atoms with Crippen molar-refractivity contribution in [3.8, 4) is 0 Å². The van der Waals surface area contributed by atoms with Gasteiger partial charge in [0.05, 0.1) is 0 Å². The van der Waals surface area contributed by atoms with Crippen LogP contribution >= 0.6 is 0 Å². The molecule has 1 heterocycles. The van der Waals surface area contributed by atoms with Gasteiger partial charge in [-0.2, -0.15) is 0 Å². The average Bonchev–Trinajstić information content (AvgIpc) is 2.35. The van der Waals surface area contributed by atoms with Crippen molar-refractivity contribution < 1.29 is 4.39 Å². The molecule has 1 fully saturated rings. The molecule has 1 aromatic rings. The van der Waals surface area contributed by atoms with Crippen LogP contribution in [-0.2, 0) is 0 Å². The summed E-state index contributed by atoms with van der Waals surface area (Å²) in [5.41, 5.74) is 1.42. The van der Waals surface area contributed by atoms with E-state index >= 15 is 0 Å². The summed E-state index contributed by atoms with van der Waals surface area (Å²) in [6, 6.07) is 7.56. The van der Waals surface area contributed by atoms with Gasteiger partial charge >= 0.3 is 0 Å². The summed E-state index contributed by atoms with van der Waals surface area (Å²) < 4.78 is 13.4. The van der Waals surface area contributed by atoms with Crippen LogP contribution in [-0.4, -0.2) is 37.6 Å². The highest BCUT2D eigenvalue weighted by Gasteiger charge is 2.27. The molecule has 2 nitrogen and oxygen atoms in total. The highest BCUT2D eigenvalue weighted by Crippen LogP contribution is 2.27. The minimum absolute atomic E-state index is 0.130. The maximum absolute atomic E-state index is 13.4. The number of nitrogens with zero attached hydrogens (tertiary/aromatic N) is 1. The second-order valence-corrected chi connectivity index (χ2v) is 7.35. The molecule has 0 spiro atoms. The van der Waals surface area contributed by atoms with Gasteiger partial charge in [-0.1, -0.05) is 32.9 Å². The number of halogens is 1. The number of hydrogen-bond donors (Lipinski definition) is 1. The monoisotopic (exact) mass is 278 g/mol. The van der Waals surface area contributed by atoms with E-state index < -0.39 is 0 Å². The molecule has 1 aliphatic heterocycles. The molecule has 2 rings (SSSR count). The van der Waals surface area contributed by atoms with E-state index in [2.05, 4.69) is 38.0 Å². The van der Waals surface area contributed by atoms with Gasteiger partial charge in [-0.25, -0.2) is 4.39 Å². The quantitative estimate of drug-likeness (QED) is 0.913. The first-order valence-corrected chi connectivity index (χ1v) is 7.51. The van der Waals surface area contributed by atoms with Crippen molar-refractivity contribution in [2.45, 2.75) is 39.2 Å². The van der Waals surface area contributed by atoms with E-state index in [9.17, 15) is 4.39 Å². The molecule has 0 aromatic heterocycles. The SMILES string of the molecule is CN1CC(NCC(C)(C)C)CC(c2cccc(F)c2)C1. The zero-order valence-electron chi connectivity index (χ0n) is 13.1. The zero-order chi connectivity index (χ0) is 14.8. The fraction of sp³-hybridized carbons (Fsp3) is 0.647. The third-order valence-electron chi connectivity index (χ3n) is 3.87. The van der Waals surface area contributed by atoms with Crippen molar-refractivity contribution >= 4 is 0 Å². The largest absolute Gasteiger partial charge is 0.312 e. The van der Waals surface area contributed by atoms with Gasteiger partial charge in [0.1, 0.15) is 5.82 Å². The summed E-state index contributed by atoms with van der Waals surface area (Å²) in [7, 11) is 2.15. The molecule has 2 unspecified atom stereocenters. The van der Waals surface area contributed by atoms with E-state index in [1.165, 1.54) is 6.07 Å².